The van der Waals surface area contributed by atoms with Gasteiger partial charge in [0.2, 0.25) is 0 Å². The van der Waals surface area contributed by atoms with Crippen LogP contribution in [0, 0.1) is 0 Å². The molecule has 1 aliphatic rings. The number of carboxylic acid groups (broad SMARTS) is 1. The van der Waals surface area contributed by atoms with Gasteiger partial charge in [-0.3, -0.25) is 4.90 Å². The molecule has 1 aliphatic heterocycles. The van der Waals surface area contributed by atoms with Crippen molar-refractivity contribution in [1.82, 2.24) is 4.90 Å². The summed E-state index contributed by atoms with van der Waals surface area (Å²) in [6, 6.07) is 17.4. The molecule has 1 fully saturated rings. The molecule has 1 heterocycles. The number of carboxylic acids is 1. The fraction of sp³-hybridized carbons (Fsp3) is 0.316. The van der Waals surface area contributed by atoms with Gasteiger partial charge in [-0.05, 0) is 36.6 Å². The van der Waals surface area contributed by atoms with Crippen molar-refractivity contribution in [2.45, 2.75) is 12.3 Å². The van der Waals surface area contributed by atoms with Crippen LogP contribution in [0.3, 0.4) is 0 Å². The number of rotatable bonds is 6. The fourth-order valence-corrected chi connectivity index (χ4v) is 3.09. The number of aromatic carboxylic acids is 1. The Hall–Kier alpha value is -2.33. The summed E-state index contributed by atoms with van der Waals surface area (Å²) in [6.45, 7) is 3.42. The Labute approximate surface area is 136 Å². The van der Waals surface area contributed by atoms with Gasteiger partial charge in [-0.1, -0.05) is 42.5 Å². The van der Waals surface area contributed by atoms with E-state index in [1.54, 1.807) is 24.3 Å². The van der Waals surface area contributed by atoms with Crippen molar-refractivity contribution in [2.24, 2.45) is 0 Å². The predicted molar refractivity (Wildman–Crippen MR) is 89.1 cm³/mol. The van der Waals surface area contributed by atoms with Crippen molar-refractivity contribution in [3.05, 3.63) is 65.7 Å². The van der Waals surface area contributed by atoms with Crippen LogP contribution in [0.1, 0.15) is 28.3 Å². The molecule has 0 amide bonds. The Bertz CT molecular complexity index is 657. The molecule has 0 aromatic heterocycles. The minimum absolute atomic E-state index is 0.219. The van der Waals surface area contributed by atoms with Crippen LogP contribution < -0.4 is 4.74 Å². The van der Waals surface area contributed by atoms with Gasteiger partial charge in [-0.15, -0.1) is 0 Å². The molecule has 3 rings (SSSR count). The smallest absolute Gasteiger partial charge is 0.339 e. The van der Waals surface area contributed by atoms with Crippen molar-refractivity contribution in [3.63, 3.8) is 0 Å². The molecule has 1 atom stereocenters. The zero-order valence-electron chi connectivity index (χ0n) is 13.0. The number of ether oxygens (including phenoxy) is 1. The molecule has 4 nitrogen and oxygen atoms in total. The molecule has 120 valence electrons. The lowest BCUT2D eigenvalue weighted by Crippen LogP contribution is -2.26. The molecule has 0 saturated carbocycles. The van der Waals surface area contributed by atoms with Gasteiger partial charge in [0.05, 0.1) is 0 Å². The highest BCUT2D eigenvalue weighted by molar-refractivity contribution is 5.90. The Balaban J connectivity index is 1.50. The van der Waals surface area contributed by atoms with E-state index in [-0.39, 0.29) is 5.56 Å². The number of hydrogen-bond acceptors (Lipinski definition) is 3. The predicted octanol–water partition coefficient (Wildman–Crippen LogP) is 3.25. The lowest BCUT2D eigenvalue weighted by atomic mass is 9.99. The lowest BCUT2D eigenvalue weighted by Gasteiger charge is -2.17. The summed E-state index contributed by atoms with van der Waals surface area (Å²) >= 11 is 0. The highest BCUT2D eigenvalue weighted by Gasteiger charge is 2.23. The van der Waals surface area contributed by atoms with E-state index in [9.17, 15) is 4.79 Å². The van der Waals surface area contributed by atoms with Crippen molar-refractivity contribution >= 4 is 5.97 Å². The second kappa shape index (κ2) is 7.29. The Morgan fingerprint density at radius 3 is 2.65 bits per heavy atom. The van der Waals surface area contributed by atoms with Gasteiger partial charge < -0.3 is 9.84 Å². The molecule has 1 N–H and O–H groups in total. The largest absolute Gasteiger partial charge is 0.491 e. The molecule has 2 aromatic rings. The molecule has 1 saturated heterocycles. The van der Waals surface area contributed by atoms with Gasteiger partial charge in [0, 0.05) is 13.1 Å². The average molecular weight is 311 g/mol. The first-order valence-electron chi connectivity index (χ1n) is 7.96. The summed E-state index contributed by atoms with van der Waals surface area (Å²) in [7, 11) is 0. The van der Waals surface area contributed by atoms with Crippen LogP contribution in [0.15, 0.2) is 54.6 Å². The molecular formula is C19H21NO3. The first-order chi connectivity index (χ1) is 11.2. The second-order valence-electron chi connectivity index (χ2n) is 5.85. The summed E-state index contributed by atoms with van der Waals surface area (Å²) < 4.78 is 5.68. The monoisotopic (exact) mass is 311 g/mol. The third-order valence-electron chi connectivity index (χ3n) is 4.33. The van der Waals surface area contributed by atoms with E-state index >= 15 is 0 Å². The SMILES string of the molecule is O=C(O)c1ccccc1OCCN1CC[C@H](c2ccccc2)C1. The van der Waals surface area contributed by atoms with Crippen LogP contribution in [-0.2, 0) is 0 Å². The van der Waals surface area contributed by atoms with Crippen LogP contribution in [0.5, 0.6) is 5.75 Å². The van der Waals surface area contributed by atoms with E-state index in [1.165, 1.54) is 5.56 Å². The van der Waals surface area contributed by atoms with Crippen molar-refractivity contribution in [2.75, 3.05) is 26.2 Å². The van der Waals surface area contributed by atoms with E-state index in [0.29, 0.717) is 18.3 Å². The number of carbonyl (C=O) groups is 1. The van der Waals surface area contributed by atoms with Gasteiger partial charge in [0.15, 0.2) is 0 Å². The standard InChI is InChI=1S/C19H21NO3/c21-19(22)17-8-4-5-9-18(17)23-13-12-20-11-10-16(14-20)15-6-2-1-3-7-15/h1-9,16H,10-14H2,(H,21,22)/t16-/m0/s1. The minimum Gasteiger partial charge on any atom is -0.491 e. The maximum atomic E-state index is 11.2. The number of nitrogens with zero attached hydrogens (tertiary/aromatic N) is 1. The molecule has 0 bridgehead atoms. The number of para-hydroxylation sites is 1. The Morgan fingerprint density at radius 1 is 1.13 bits per heavy atom. The second-order valence-corrected chi connectivity index (χ2v) is 5.85. The van der Waals surface area contributed by atoms with Crippen molar-refractivity contribution in [3.8, 4) is 5.75 Å². The number of hydrogen-bond donors (Lipinski definition) is 1. The van der Waals surface area contributed by atoms with Crippen LogP contribution in [0.25, 0.3) is 0 Å². The third kappa shape index (κ3) is 3.90. The van der Waals surface area contributed by atoms with Crippen LogP contribution >= 0.6 is 0 Å². The Kier molecular flexibility index (Phi) is 4.93. The molecule has 0 radical (unpaired) electrons. The minimum atomic E-state index is -0.953. The molecule has 4 heteroatoms. The summed E-state index contributed by atoms with van der Waals surface area (Å²) in [4.78, 5) is 13.5. The van der Waals surface area contributed by atoms with E-state index in [1.807, 2.05) is 6.07 Å². The molecular weight excluding hydrogens is 290 g/mol. The maximum absolute atomic E-state index is 11.2. The van der Waals surface area contributed by atoms with Crippen LogP contribution in [0.2, 0.25) is 0 Å². The van der Waals surface area contributed by atoms with Gasteiger partial charge in [-0.2, -0.15) is 0 Å². The highest BCUT2D eigenvalue weighted by atomic mass is 16.5. The molecule has 2 aromatic carbocycles. The topological polar surface area (TPSA) is 49.8 Å². The normalized spacial score (nSPS) is 18.0. The fourth-order valence-electron chi connectivity index (χ4n) is 3.09. The van der Waals surface area contributed by atoms with E-state index < -0.39 is 5.97 Å². The third-order valence-corrected chi connectivity index (χ3v) is 4.33. The highest BCUT2D eigenvalue weighted by Crippen LogP contribution is 2.26. The van der Waals surface area contributed by atoms with Crippen LogP contribution in [-0.4, -0.2) is 42.2 Å². The summed E-state index contributed by atoms with van der Waals surface area (Å²) in [5.74, 6) is 0.0761. The first kappa shape index (κ1) is 15.6. The van der Waals surface area contributed by atoms with Gasteiger partial charge >= 0.3 is 5.97 Å². The number of benzene rings is 2. The molecule has 0 spiro atoms. The van der Waals surface area contributed by atoms with Gasteiger partial charge in [0.1, 0.15) is 17.9 Å². The number of likely N-dealkylation sites (tertiary alicyclic amines) is 1. The van der Waals surface area contributed by atoms with Crippen LogP contribution in [0.4, 0.5) is 0 Å². The van der Waals surface area contributed by atoms with Gasteiger partial charge in [0.25, 0.3) is 0 Å². The molecule has 0 aliphatic carbocycles. The molecule has 23 heavy (non-hydrogen) atoms. The van der Waals surface area contributed by atoms with E-state index in [2.05, 4.69) is 29.2 Å². The average Bonchev–Trinajstić information content (AvgIpc) is 3.05. The first-order valence-corrected chi connectivity index (χ1v) is 7.96. The summed E-state index contributed by atoms with van der Waals surface area (Å²) in [6.07, 6.45) is 1.16. The van der Waals surface area contributed by atoms with Crippen molar-refractivity contribution < 1.29 is 14.6 Å². The van der Waals surface area contributed by atoms with Gasteiger partial charge in [-0.25, -0.2) is 4.79 Å². The Morgan fingerprint density at radius 2 is 1.87 bits per heavy atom. The lowest BCUT2D eigenvalue weighted by molar-refractivity contribution is 0.0691. The maximum Gasteiger partial charge on any atom is 0.339 e. The zero-order chi connectivity index (χ0) is 16.1. The van der Waals surface area contributed by atoms with E-state index in [4.69, 9.17) is 9.84 Å². The molecule has 0 unspecified atom stereocenters. The quantitative estimate of drug-likeness (QED) is 0.889. The zero-order valence-corrected chi connectivity index (χ0v) is 13.0. The van der Waals surface area contributed by atoms with E-state index in [0.717, 1.165) is 26.1 Å². The van der Waals surface area contributed by atoms with Crippen molar-refractivity contribution in [1.29, 1.82) is 0 Å². The summed E-state index contributed by atoms with van der Waals surface area (Å²) in [5, 5.41) is 9.15. The summed E-state index contributed by atoms with van der Waals surface area (Å²) in [5.41, 5.74) is 1.61.